The first-order valence-electron chi connectivity index (χ1n) is 5.47. The van der Waals surface area contributed by atoms with Crippen LogP contribution in [0.4, 0.5) is 0 Å². The van der Waals surface area contributed by atoms with E-state index >= 15 is 0 Å². The van der Waals surface area contributed by atoms with E-state index in [2.05, 4.69) is 0 Å². The van der Waals surface area contributed by atoms with Crippen LogP contribution in [0.1, 0.15) is 40.7 Å². The van der Waals surface area contributed by atoms with Crippen molar-refractivity contribution in [2.45, 2.75) is 33.1 Å². The van der Waals surface area contributed by atoms with Gasteiger partial charge in [0.1, 0.15) is 5.75 Å². The van der Waals surface area contributed by atoms with Gasteiger partial charge in [-0.15, -0.1) is 0 Å². The number of ketones is 1. The Hall–Kier alpha value is -1.84. The van der Waals surface area contributed by atoms with E-state index in [1.54, 1.807) is 19.9 Å². The summed E-state index contributed by atoms with van der Waals surface area (Å²) < 4.78 is 0. The zero-order chi connectivity index (χ0) is 13.0. The minimum atomic E-state index is -0.892. The second kappa shape index (κ2) is 5.48. The lowest BCUT2D eigenvalue weighted by Crippen LogP contribution is -2.04. The number of carboxylic acid groups (broad SMARTS) is 1. The molecule has 92 valence electrons. The van der Waals surface area contributed by atoms with E-state index in [1.165, 1.54) is 6.07 Å². The Morgan fingerprint density at radius 2 is 1.76 bits per heavy atom. The average Bonchev–Trinajstić information content (AvgIpc) is 2.25. The van der Waals surface area contributed by atoms with Gasteiger partial charge < -0.3 is 10.2 Å². The fraction of sp³-hybridized carbons (Fsp3) is 0.385. The third-order valence-electron chi connectivity index (χ3n) is 2.85. The van der Waals surface area contributed by atoms with E-state index in [-0.39, 0.29) is 24.4 Å². The fourth-order valence-electron chi connectivity index (χ4n) is 1.64. The summed E-state index contributed by atoms with van der Waals surface area (Å²) in [5.41, 5.74) is 2.00. The van der Waals surface area contributed by atoms with E-state index in [0.717, 1.165) is 5.56 Å². The highest BCUT2D eigenvalue weighted by Gasteiger charge is 2.12. The molecular weight excluding hydrogens is 220 g/mol. The highest BCUT2D eigenvalue weighted by Crippen LogP contribution is 2.24. The number of Topliss-reactive ketones (excluding diaryl/α,β-unsaturated/α-hetero) is 1. The number of phenolic OH excluding ortho intramolecular Hbond substituents is 1. The molecule has 0 radical (unpaired) electrons. The molecule has 0 atom stereocenters. The lowest BCUT2D eigenvalue weighted by molar-refractivity contribution is -0.137. The minimum Gasteiger partial charge on any atom is -0.508 e. The summed E-state index contributed by atoms with van der Waals surface area (Å²) in [6.45, 7) is 3.53. The summed E-state index contributed by atoms with van der Waals surface area (Å²) in [7, 11) is 0. The van der Waals surface area contributed by atoms with Crippen molar-refractivity contribution in [1.29, 1.82) is 0 Å². The number of aromatic hydroxyl groups is 1. The van der Waals surface area contributed by atoms with E-state index in [0.29, 0.717) is 17.5 Å². The summed E-state index contributed by atoms with van der Waals surface area (Å²) >= 11 is 0. The molecule has 0 amide bonds. The van der Waals surface area contributed by atoms with Crippen LogP contribution in [0.5, 0.6) is 5.75 Å². The molecule has 0 aliphatic heterocycles. The monoisotopic (exact) mass is 236 g/mol. The molecule has 2 N–H and O–H groups in total. The Labute approximate surface area is 99.9 Å². The average molecular weight is 236 g/mol. The molecule has 1 aromatic carbocycles. The lowest BCUT2D eigenvalue weighted by Gasteiger charge is -2.09. The number of benzene rings is 1. The third kappa shape index (κ3) is 3.31. The predicted octanol–water partition coefficient (Wildman–Crippen LogP) is 2.45. The maximum absolute atomic E-state index is 11.8. The minimum absolute atomic E-state index is 0.00184. The van der Waals surface area contributed by atoms with Crippen LogP contribution in [-0.4, -0.2) is 22.0 Å². The van der Waals surface area contributed by atoms with Crippen molar-refractivity contribution in [3.63, 3.8) is 0 Å². The molecule has 0 spiro atoms. The summed E-state index contributed by atoms with van der Waals surface area (Å²) in [4.78, 5) is 22.2. The summed E-state index contributed by atoms with van der Waals surface area (Å²) in [6.07, 6.45) is 0.562. The van der Waals surface area contributed by atoms with Gasteiger partial charge in [0.2, 0.25) is 0 Å². The number of carboxylic acids is 1. The highest BCUT2D eigenvalue weighted by atomic mass is 16.4. The van der Waals surface area contributed by atoms with E-state index in [4.69, 9.17) is 5.11 Å². The number of hydrogen-bond donors (Lipinski definition) is 2. The maximum atomic E-state index is 11.8. The van der Waals surface area contributed by atoms with Gasteiger partial charge in [-0.05, 0) is 43.5 Å². The third-order valence-corrected chi connectivity index (χ3v) is 2.85. The second-order valence-electron chi connectivity index (χ2n) is 4.05. The predicted molar refractivity (Wildman–Crippen MR) is 63.4 cm³/mol. The zero-order valence-electron chi connectivity index (χ0n) is 9.99. The molecule has 1 rings (SSSR count). The van der Waals surface area contributed by atoms with Crippen LogP contribution in [0.3, 0.4) is 0 Å². The number of phenols is 1. The number of aliphatic carboxylic acids is 1. The molecule has 0 aliphatic rings. The molecule has 0 saturated carbocycles. The number of carbonyl (C=O) groups excluding carboxylic acids is 1. The first-order valence-corrected chi connectivity index (χ1v) is 5.47. The Morgan fingerprint density at radius 1 is 1.12 bits per heavy atom. The van der Waals surface area contributed by atoms with Crippen LogP contribution < -0.4 is 0 Å². The van der Waals surface area contributed by atoms with Gasteiger partial charge in [0.25, 0.3) is 0 Å². The molecule has 0 aromatic heterocycles. The summed E-state index contributed by atoms with van der Waals surface area (Å²) in [5, 5.41) is 18.0. The molecule has 0 saturated heterocycles. The van der Waals surface area contributed by atoms with Crippen LogP contribution >= 0.6 is 0 Å². The highest BCUT2D eigenvalue weighted by molar-refractivity contribution is 5.98. The Balaban J connectivity index is 2.76. The second-order valence-corrected chi connectivity index (χ2v) is 4.05. The molecule has 0 fully saturated rings. The maximum Gasteiger partial charge on any atom is 0.303 e. The molecule has 0 bridgehead atoms. The van der Waals surface area contributed by atoms with E-state index in [1.807, 2.05) is 0 Å². The first-order chi connectivity index (χ1) is 7.93. The van der Waals surface area contributed by atoms with Crippen LogP contribution in [0, 0.1) is 13.8 Å². The van der Waals surface area contributed by atoms with Crippen LogP contribution in [-0.2, 0) is 4.79 Å². The van der Waals surface area contributed by atoms with Crippen molar-refractivity contribution < 1.29 is 19.8 Å². The van der Waals surface area contributed by atoms with E-state index < -0.39 is 5.97 Å². The van der Waals surface area contributed by atoms with Crippen molar-refractivity contribution >= 4 is 11.8 Å². The molecule has 1 aromatic rings. The van der Waals surface area contributed by atoms with Gasteiger partial charge in [-0.3, -0.25) is 9.59 Å². The first kappa shape index (κ1) is 13.2. The number of rotatable bonds is 5. The molecule has 4 heteroatoms. The topological polar surface area (TPSA) is 74.6 Å². The quantitative estimate of drug-likeness (QED) is 0.770. The van der Waals surface area contributed by atoms with Crippen LogP contribution in [0.25, 0.3) is 0 Å². The SMILES string of the molecule is Cc1c(O)ccc(C(=O)CCCC(=O)O)c1C. The number of carbonyl (C=O) groups is 2. The molecule has 17 heavy (non-hydrogen) atoms. The van der Waals surface area contributed by atoms with Crippen molar-refractivity contribution in [2.75, 3.05) is 0 Å². The Kier molecular flexibility index (Phi) is 4.26. The largest absolute Gasteiger partial charge is 0.508 e. The molecule has 0 aliphatic carbocycles. The van der Waals surface area contributed by atoms with Crippen LogP contribution in [0.15, 0.2) is 12.1 Å². The Bertz CT molecular complexity index is 449. The van der Waals surface area contributed by atoms with E-state index in [9.17, 15) is 14.7 Å². The molecule has 0 unspecified atom stereocenters. The van der Waals surface area contributed by atoms with Crippen molar-refractivity contribution in [1.82, 2.24) is 0 Å². The molecule has 0 heterocycles. The van der Waals surface area contributed by atoms with Gasteiger partial charge >= 0.3 is 5.97 Å². The standard InChI is InChI=1S/C13H16O4/c1-8-9(2)11(14)7-6-10(8)12(15)4-3-5-13(16)17/h6-7,14H,3-5H2,1-2H3,(H,16,17). The fourth-order valence-corrected chi connectivity index (χ4v) is 1.64. The zero-order valence-corrected chi connectivity index (χ0v) is 9.99. The molecular formula is C13H16O4. The summed E-state index contributed by atoms with van der Waals surface area (Å²) in [5.74, 6) is -0.798. The van der Waals surface area contributed by atoms with Gasteiger partial charge in [-0.2, -0.15) is 0 Å². The summed E-state index contributed by atoms with van der Waals surface area (Å²) in [6, 6.07) is 3.08. The van der Waals surface area contributed by atoms with Gasteiger partial charge in [0, 0.05) is 18.4 Å². The van der Waals surface area contributed by atoms with Crippen molar-refractivity contribution in [3.05, 3.63) is 28.8 Å². The smallest absolute Gasteiger partial charge is 0.303 e. The number of hydrogen-bond acceptors (Lipinski definition) is 3. The normalized spacial score (nSPS) is 10.2. The van der Waals surface area contributed by atoms with Gasteiger partial charge in [0.05, 0.1) is 0 Å². The van der Waals surface area contributed by atoms with Crippen molar-refractivity contribution in [2.24, 2.45) is 0 Å². The Morgan fingerprint density at radius 3 is 2.35 bits per heavy atom. The van der Waals surface area contributed by atoms with Gasteiger partial charge in [-0.1, -0.05) is 0 Å². The molecule has 4 nitrogen and oxygen atoms in total. The lowest BCUT2D eigenvalue weighted by atomic mass is 9.97. The van der Waals surface area contributed by atoms with Gasteiger partial charge in [0.15, 0.2) is 5.78 Å². The van der Waals surface area contributed by atoms with Crippen LogP contribution in [0.2, 0.25) is 0 Å². The van der Waals surface area contributed by atoms with Gasteiger partial charge in [-0.25, -0.2) is 0 Å². The van der Waals surface area contributed by atoms with Crippen molar-refractivity contribution in [3.8, 4) is 5.75 Å².